The molecule has 0 bridgehead atoms. The van der Waals surface area contributed by atoms with Gasteiger partial charge < -0.3 is 19.4 Å². The van der Waals surface area contributed by atoms with Crippen molar-refractivity contribution in [3.05, 3.63) is 53.3 Å². The molecule has 3 aromatic rings. The van der Waals surface area contributed by atoms with Crippen LogP contribution in [0, 0.1) is 11.7 Å². The minimum atomic E-state index is -3.71. The molecular weight excluding hydrogens is 498 g/mol. The van der Waals surface area contributed by atoms with Crippen LogP contribution in [0.15, 0.2) is 40.8 Å². The highest BCUT2D eigenvalue weighted by atomic mass is 32.2. The molecule has 5 rings (SSSR count). The Morgan fingerprint density at radius 3 is 2.59 bits per heavy atom. The van der Waals surface area contributed by atoms with Crippen molar-refractivity contribution >= 4 is 39.7 Å². The third-order valence-electron chi connectivity index (χ3n) is 7.26. The number of nitrogens with one attached hydrogen (secondary N) is 2. The predicted molar refractivity (Wildman–Crippen MR) is 140 cm³/mol. The van der Waals surface area contributed by atoms with E-state index in [0.717, 1.165) is 18.4 Å². The number of anilines is 1. The maximum Gasteiger partial charge on any atom is 0.454 e. The van der Waals surface area contributed by atoms with Crippen molar-refractivity contribution in [2.24, 2.45) is 5.92 Å². The first-order valence-electron chi connectivity index (χ1n) is 12.6. The number of carbonyl (C=O) groups is 1. The van der Waals surface area contributed by atoms with E-state index in [1.54, 1.807) is 25.1 Å². The second-order valence-electron chi connectivity index (χ2n) is 10.0. The van der Waals surface area contributed by atoms with Gasteiger partial charge in [0.2, 0.25) is 10.0 Å². The van der Waals surface area contributed by atoms with E-state index >= 15 is 0 Å². The Morgan fingerprint density at radius 2 is 1.97 bits per heavy atom. The summed E-state index contributed by atoms with van der Waals surface area (Å²) in [5.41, 5.74) is 2.51. The second kappa shape index (κ2) is 10.1. The zero-order valence-corrected chi connectivity index (χ0v) is 21.6. The van der Waals surface area contributed by atoms with Crippen LogP contribution in [0.4, 0.5) is 10.1 Å². The molecule has 1 aliphatic heterocycles. The minimum Gasteiger partial charge on any atom is -0.455 e. The highest BCUT2D eigenvalue weighted by Crippen LogP contribution is 2.47. The molecule has 196 valence electrons. The summed E-state index contributed by atoms with van der Waals surface area (Å²) in [6.07, 6.45) is 3.45. The van der Waals surface area contributed by atoms with Gasteiger partial charge in [0.15, 0.2) is 0 Å². The summed E-state index contributed by atoms with van der Waals surface area (Å²) in [4.78, 5) is 12.9. The lowest BCUT2D eigenvalue weighted by atomic mass is 9.80. The van der Waals surface area contributed by atoms with E-state index in [9.17, 15) is 22.6 Å². The van der Waals surface area contributed by atoms with Gasteiger partial charge in [-0.2, -0.15) is 0 Å². The number of benzene rings is 2. The van der Waals surface area contributed by atoms with Gasteiger partial charge in [-0.1, -0.05) is 0 Å². The van der Waals surface area contributed by atoms with Crippen LogP contribution < -0.4 is 10.0 Å². The molecule has 2 fully saturated rings. The third kappa shape index (κ3) is 5.39. The lowest BCUT2D eigenvalue weighted by Gasteiger charge is -2.18. The van der Waals surface area contributed by atoms with Crippen molar-refractivity contribution in [1.29, 1.82) is 0 Å². The predicted octanol–water partition coefficient (Wildman–Crippen LogP) is 4.51. The Bertz CT molecular complexity index is 1420. The standard InChI is InChI=1S/C26H30BFN2O6S/c1-15(3-4-16-13-27(32)35-14-16)37(33,34)30-22-12-23-21(11-20(22)17-5-6-17)24(26(31)29-2)25(36-23)18-7-9-19(28)10-8-18/h7-12,15-17,30,32H,3-6,13-14H2,1-2H3,(H,29,31). The molecule has 1 amide bonds. The average molecular weight is 528 g/mol. The molecule has 2 aliphatic rings. The number of hydrogen-bond acceptors (Lipinski definition) is 6. The number of sulfonamides is 1. The Balaban J connectivity index is 1.49. The third-order valence-corrected chi connectivity index (χ3v) is 9.06. The summed E-state index contributed by atoms with van der Waals surface area (Å²) in [6.45, 7) is 2.11. The van der Waals surface area contributed by atoms with E-state index in [-0.39, 0.29) is 17.7 Å². The zero-order valence-electron chi connectivity index (χ0n) is 20.8. The van der Waals surface area contributed by atoms with Gasteiger partial charge in [-0.05, 0) is 86.7 Å². The SMILES string of the molecule is CNC(=O)c1c(-c2ccc(F)cc2)oc2cc(NS(=O)(=O)C(C)CCC3COB(O)C3)c(C3CC3)cc12. The van der Waals surface area contributed by atoms with Crippen molar-refractivity contribution in [3.63, 3.8) is 0 Å². The first-order chi connectivity index (χ1) is 17.7. The van der Waals surface area contributed by atoms with Crippen molar-refractivity contribution in [3.8, 4) is 11.3 Å². The first-order valence-corrected chi connectivity index (χ1v) is 14.1. The minimum absolute atomic E-state index is 0.141. The van der Waals surface area contributed by atoms with Crippen molar-refractivity contribution in [1.82, 2.24) is 5.32 Å². The topological polar surface area (TPSA) is 118 Å². The van der Waals surface area contributed by atoms with Crippen molar-refractivity contribution in [2.75, 3.05) is 18.4 Å². The van der Waals surface area contributed by atoms with Crippen LogP contribution in [0.3, 0.4) is 0 Å². The van der Waals surface area contributed by atoms with Gasteiger partial charge >= 0.3 is 7.12 Å². The number of amides is 1. The molecule has 1 aliphatic carbocycles. The lowest BCUT2D eigenvalue weighted by Crippen LogP contribution is -2.26. The highest BCUT2D eigenvalue weighted by Gasteiger charge is 2.33. The molecule has 1 saturated carbocycles. The molecule has 8 nitrogen and oxygen atoms in total. The molecule has 0 spiro atoms. The van der Waals surface area contributed by atoms with Gasteiger partial charge in [0.1, 0.15) is 17.2 Å². The molecule has 1 saturated heterocycles. The summed E-state index contributed by atoms with van der Waals surface area (Å²) < 4.78 is 54.1. The molecular formula is C26H30BFN2O6S. The largest absolute Gasteiger partial charge is 0.455 e. The summed E-state index contributed by atoms with van der Waals surface area (Å²) in [6, 6.07) is 9.17. The molecule has 37 heavy (non-hydrogen) atoms. The van der Waals surface area contributed by atoms with Crippen LogP contribution in [-0.4, -0.2) is 45.4 Å². The van der Waals surface area contributed by atoms with Crippen LogP contribution in [0.2, 0.25) is 6.32 Å². The fraction of sp³-hybridized carbons (Fsp3) is 0.423. The molecule has 11 heteroatoms. The quantitative estimate of drug-likeness (QED) is 0.352. The molecule has 2 atom stereocenters. The lowest BCUT2D eigenvalue weighted by molar-refractivity contribution is 0.0964. The normalized spacial score (nSPS) is 18.8. The maximum absolute atomic E-state index is 13.5. The Kier molecular flexibility index (Phi) is 7.04. The van der Waals surface area contributed by atoms with E-state index in [2.05, 4.69) is 10.0 Å². The monoisotopic (exact) mass is 528 g/mol. The van der Waals surface area contributed by atoms with Gasteiger partial charge in [0.25, 0.3) is 5.91 Å². The Hall–Kier alpha value is -2.89. The fourth-order valence-corrected chi connectivity index (χ4v) is 6.01. The Morgan fingerprint density at radius 1 is 1.24 bits per heavy atom. The number of rotatable bonds is 9. The Labute approximate surface area is 215 Å². The number of halogens is 1. The summed E-state index contributed by atoms with van der Waals surface area (Å²) in [5, 5.41) is 12.1. The van der Waals surface area contributed by atoms with Gasteiger partial charge in [0.05, 0.1) is 16.5 Å². The molecule has 2 unspecified atom stereocenters. The van der Waals surface area contributed by atoms with Crippen LogP contribution in [0.25, 0.3) is 22.3 Å². The van der Waals surface area contributed by atoms with E-state index in [4.69, 9.17) is 9.07 Å². The zero-order chi connectivity index (χ0) is 26.3. The fourth-order valence-electron chi connectivity index (χ4n) is 4.88. The van der Waals surface area contributed by atoms with Gasteiger partial charge in [-0.25, -0.2) is 12.8 Å². The van der Waals surface area contributed by atoms with Crippen molar-refractivity contribution < 1.29 is 31.7 Å². The molecule has 1 aromatic heterocycles. The molecule has 0 radical (unpaired) electrons. The second-order valence-corrected chi connectivity index (χ2v) is 12.1. The van der Waals surface area contributed by atoms with Crippen LogP contribution >= 0.6 is 0 Å². The van der Waals surface area contributed by atoms with E-state index in [0.29, 0.717) is 59.3 Å². The first kappa shape index (κ1) is 25.8. The summed E-state index contributed by atoms with van der Waals surface area (Å²) in [7, 11) is -2.95. The number of furan rings is 1. The smallest absolute Gasteiger partial charge is 0.454 e. The van der Waals surface area contributed by atoms with Gasteiger partial charge in [0, 0.05) is 30.7 Å². The van der Waals surface area contributed by atoms with E-state index < -0.39 is 28.2 Å². The summed E-state index contributed by atoms with van der Waals surface area (Å²) in [5.74, 6) is -0.119. The number of carbonyl (C=O) groups excluding carboxylic acids is 1. The van der Waals surface area contributed by atoms with Crippen LogP contribution in [-0.2, 0) is 14.7 Å². The van der Waals surface area contributed by atoms with Gasteiger partial charge in [-0.3, -0.25) is 9.52 Å². The highest BCUT2D eigenvalue weighted by molar-refractivity contribution is 7.93. The number of fused-ring (bicyclic) bond motifs is 1. The molecule has 2 heterocycles. The average Bonchev–Trinajstić information content (AvgIpc) is 3.53. The molecule has 3 N–H and O–H groups in total. The van der Waals surface area contributed by atoms with Crippen LogP contribution in [0.1, 0.15) is 54.4 Å². The van der Waals surface area contributed by atoms with E-state index in [1.165, 1.54) is 19.2 Å². The van der Waals surface area contributed by atoms with Gasteiger partial charge in [-0.15, -0.1) is 0 Å². The van der Waals surface area contributed by atoms with Crippen LogP contribution in [0.5, 0.6) is 0 Å². The van der Waals surface area contributed by atoms with E-state index in [1.807, 2.05) is 6.07 Å². The summed E-state index contributed by atoms with van der Waals surface area (Å²) >= 11 is 0. The van der Waals surface area contributed by atoms with Crippen molar-refractivity contribution in [2.45, 2.75) is 50.1 Å². The number of hydrogen-bond donors (Lipinski definition) is 3. The molecule has 2 aromatic carbocycles. The maximum atomic E-state index is 13.5.